The zero-order chi connectivity index (χ0) is 24.3. The lowest BCUT2D eigenvalue weighted by Crippen LogP contribution is -2.28. The normalized spacial score (nSPS) is 12.8. The third-order valence-electron chi connectivity index (χ3n) is 5.57. The van der Waals surface area contributed by atoms with E-state index in [-0.39, 0.29) is 16.8 Å². The molecule has 1 unspecified atom stereocenters. The molecular weight excluding hydrogens is 460 g/mol. The monoisotopic (exact) mass is 486 g/mol. The van der Waals surface area contributed by atoms with Gasteiger partial charge in [0.25, 0.3) is 0 Å². The summed E-state index contributed by atoms with van der Waals surface area (Å²) in [6.07, 6.45) is 3.13. The van der Waals surface area contributed by atoms with Gasteiger partial charge in [0, 0.05) is 18.7 Å². The highest BCUT2D eigenvalue weighted by Gasteiger charge is 2.18. The Morgan fingerprint density at radius 1 is 1.15 bits per heavy atom. The van der Waals surface area contributed by atoms with Crippen LogP contribution in [-0.4, -0.2) is 36.1 Å². The van der Waals surface area contributed by atoms with Crippen LogP contribution in [0.4, 0.5) is 0 Å². The first-order valence-electron chi connectivity index (χ1n) is 10.3. The van der Waals surface area contributed by atoms with Crippen LogP contribution < -0.4 is 5.14 Å². The van der Waals surface area contributed by atoms with E-state index in [4.69, 9.17) is 16.7 Å². The number of nitrogens with zero attached hydrogens (tertiary/aromatic N) is 3. The summed E-state index contributed by atoms with van der Waals surface area (Å²) >= 11 is 6.55. The summed E-state index contributed by atoms with van der Waals surface area (Å²) in [5.41, 5.74) is 4.47. The Hall–Kier alpha value is -2.94. The molecule has 0 saturated heterocycles. The van der Waals surface area contributed by atoms with Crippen molar-refractivity contribution in [3.8, 4) is 0 Å². The molecule has 2 aromatic carbocycles. The molecular formula is C24H27ClN4O3S. The van der Waals surface area contributed by atoms with E-state index in [1.807, 2.05) is 45.0 Å². The fourth-order valence-corrected chi connectivity index (χ4v) is 4.16. The summed E-state index contributed by atoms with van der Waals surface area (Å²) in [6.45, 7) is 6.27. The van der Waals surface area contributed by atoms with Crippen molar-refractivity contribution >= 4 is 33.6 Å². The summed E-state index contributed by atoms with van der Waals surface area (Å²) in [5.74, 6) is -0.222. The molecule has 33 heavy (non-hydrogen) atoms. The molecule has 174 valence electrons. The molecule has 0 spiro atoms. The van der Waals surface area contributed by atoms with Crippen LogP contribution in [0.15, 0.2) is 59.5 Å². The number of aryl methyl sites for hydroxylation is 2. The Morgan fingerprint density at radius 2 is 1.76 bits per heavy atom. The van der Waals surface area contributed by atoms with E-state index in [1.54, 1.807) is 34.8 Å². The van der Waals surface area contributed by atoms with Crippen LogP contribution in [0, 0.1) is 13.8 Å². The number of aromatic nitrogens is 2. The van der Waals surface area contributed by atoms with Gasteiger partial charge in [-0.15, -0.1) is 0 Å². The van der Waals surface area contributed by atoms with Gasteiger partial charge >= 0.3 is 0 Å². The number of carbonyl (C=O) groups is 1. The quantitative estimate of drug-likeness (QED) is 0.508. The van der Waals surface area contributed by atoms with Gasteiger partial charge in [0.15, 0.2) is 0 Å². The number of carbonyl (C=O) groups excluding carboxylic acids is 1. The first-order valence-corrected chi connectivity index (χ1v) is 12.3. The maximum atomic E-state index is 12.8. The molecule has 0 aliphatic rings. The van der Waals surface area contributed by atoms with E-state index in [9.17, 15) is 13.2 Å². The summed E-state index contributed by atoms with van der Waals surface area (Å²) in [7, 11) is -2.08. The Bertz CT molecular complexity index is 1280. The molecule has 0 aliphatic carbocycles. The largest absolute Gasteiger partial charge is 0.335 e. The van der Waals surface area contributed by atoms with Crippen molar-refractivity contribution in [2.75, 3.05) is 7.05 Å². The Balaban J connectivity index is 1.73. The fraction of sp³-hybridized carbons (Fsp3) is 0.250. The topological polar surface area (TPSA) is 98.3 Å². The van der Waals surface area contributed by atoms with Gasteiger partial charge in [-0.1, -0.05) is 53.6 Å². The van der Waals surface area contributed by atoms with Gasteiger partial charge in [0.2, 0.25) is 15.9 Å². The van der Waals surface area contributed by atoms with Gasteiger partial charge in [-0.25, -0.2) is 18.2 Å². The molecule has 0 bridgehead atoms. The number of sulfonamides is 1. The number of hydrogen-bond donors (Lipinski definition) is 1. The molecule has 1 amide bonds. The van der Waals surface area contributed by atoms with Gasteiger partial charge in [-0.2, -0.15) is 5.10 Å². The van der Waals surface area contributed by atoms with E-state index in [2.05, 4.69) is 5.10 Å². The highest BCUT2D eigenvalue weighted by atomic mass is 35.5. The summed E-state index contributed by atoms with van der Waals surface area (Å²) in [5, 5.41) is 10.1. The van der Waals surface area contributed by atoms with Crippen LogP contribution in [-0.2, 0) is 21.4 Å². The lowest BCUT2D eigenvalue weighted by atomic mass is 10.1. The first-order chi connectivity index (χ1) is 15.5. The molecule has 3 aromatic rings. The van der Waals surface area contributed by atoms with Crippen molar-refractivity contribution < 1.29 is 13.2 Å². The molecule has 0 fully saturated rings. The predicted molar refractivity (Wildman–Crippen MR) is 130 cm³/mol. The number of halogens is 1. The minimum atomic E-state index is -3.76. The Kier molecular flexibility index (Phi) is 7.41. The molecule has 1 aromatic heterocycles. The van der Waals surface area contributed by atoms with Crippen molar-refractivity contribution in [2.24, 2.45) is 5.14 Å². The third kappa shape index (κ3) is 5.90. The van der Waals surface area contributed by atoms with Crippen LogP contribution in [0.5, 0.6) is 0 Å². The van der Waals surface area contributed by atoms with Crippen molar-refractivity contribution in [1.82, 2.24) is 14.7 Å². The standard InChI is InChI=1S/C24H27ClN4O3S/c1-16-5-7-19(8-6-16)15-29-24(25)22(17(2)27-29)13-14-23(30)28(4)18(3)20-9-11-21(12-10-20)33(26,31)32/h5-14,18H,15H2,1-4H3,(H2,26,31,32)/b14-13+. The zero-order valence-electron chi connectivity index (χ0n) is 19.0. The second kappa shape index (κ2) is 9.91. The van der Waals surface area contributed by atoms with Crippen molar-refractivity contribution in [3.63, 3.8) is 0 Å². The molecule has 1 heterocycles. The average molecular weight is 487 g/mol. The summed E-state index contributed by atoms with van der Waals surface area (Å²) in [6, 6.07) is 14.0. The Morgan fingerprint density at radius 3 is 2.33 bits per heavy atom. The lowest BCUT2D eigenvalue weighted by molar-refractivity contribution is -0.126. The molecule has 3 rings (SSSR count). The number of amides is 1. The second-order valence-electron chi connectivity index (χ2n) is 8.01. The molecule has 0 aliphatic heterocycles. The van der Waals surface area contributed by atoms with Crippen LogP contribution in [0.25, 0.3) is 6.08 Å². The fourth-order valence-electron chi connectivity index (χ4n) is 3.35. The SMILES string of the molecule is Cc1ccc(Cn2nc(C)c(/C=C/C(=O)N(C)C(C)c3ccc(S(N)(=O)=O)cc3)c2Cl)cc1. The Labute approximate surface area is 199 Å². The van der Waals surface area contributed by atoms with E-state index >= 15 is 0 Å². The smallest absolute Gasteiger partial charge is 0.246 e. The van der Waals surface area contributed by atoms with Gasteiger partial charge in [-0.05, 0) is 50.1 Å². The van der Waals surface area contributed by atoms with E-state index in [0.717, 1.165) is 16.8 Å². The van der Waals surface area contributed by atoms with Crippen molar-refractivity contribution in [2.45, 2.75) is 38.3 Å². The van der Waals surface area contributed by atoms with Gasteiger partial charge in [0.05, 0.1) is 23.2 Å². The maximum absolute atomic E-state index is 12.8. The highest BCUT2D eigenvalue weighted by molar-refractivity contribution is 7.89. The molecule has 0 radical (unpaired) electrons. The minimum absolute atomic E-state index is 0.0279. The molecule has 7 nitrogen and oxygen atoms in total. The van der Waals surface area contributed by atoms with Gasteiger partial charge in [0.1, 0.15) is 5.15 Å². The van der Waals surface area contributed by atoms with Crippen LogP contribution in [0.1, 0.15) is 40.9 Å². The first kappa shape index (κ1) is 24.7. The van der Waals surface area contributed by atoms with Crippen LogP contribution in [0.3, 0.4) is 0 Å². The minimum Gasteiger partial charge on any atom is -0.335 e. The number of likely N-dealkylation sites (N-methyl/N-ethyl adjacent to an activating group) is 1. The highest BCUT2D eigenvalue weighted by Crippen LogP contribution is 2.24. The predicted octanol–water partition coefficient (Wildman–Crippen LogP) is 4.08. The van der Waals surface area contributed by atoms with E-state index in [0.29, 0.717) is 17.3 Å². The van der Waals surface area contributed by atoms with Gasteiger partial charge < -0.3 is 4.90 Å². The molecule has 2 N–H and O–H groups in total. The van der Waals surface area contributed by atoms with E-state index < -0.39 is 10.0 Å². The lowest BCUT2D eigenvalue weighted by Gasteiger charge is -2.24. The van der Waals surface area contributed by atoms with Crippen molar-refractivity contribution in [1.29, 1.82) is 0 Å². The maximum Gasteiger partial charge on any atom is 0.246 e. The number of benzene rings is 2. The molecule has 0 saturated carbocycles. The number of primary sulfonamides is 1. The van der Waals surface area contributed by atoms with E-state index in [1.165, 1.54) is 23.8 Å². The summed E-state index contributed by atoms with van der Waals surface area (Å²) in [4.78, 5) is 14.3. The molecule has 1 atom stereocenters. The molecule has 9 heteroatoms. The number of rotatable bonds is 7. The average Bonchev–Trinajstić information content (AvgIpc) is 3.04. The summed E-state index contributed by atoms with van der Waals surface area (Å²) < 4.78 is 24.6. The van der Waals surface area contributed by atoms with Gasteiger partial charge in [-0.3, -0.25) is 4.79 Å². The van der Waals surface area contributed by atoms with Crippen LogP contribution in [0.2, 0.25) is 5.15 Å². The zero-order valence-corrected chi connectivity index (χ0v) is 20.6. The third-order valence-corrected chi connectivity index (χ3v) is 6.90. The number of hydrogen-bond acceptors (Lipinski definition) is 4. The van der Waals surface area contributed by atoms with Crippen molar-refractivity contribution in [3.05, 3.63) is 87.7 Å². The number of nitrogens with two attached hydrogens (primary N) is 1. The second-order valence-corrected chi connectivity index (χ2v) is 9.93. The van der Waals surface area contributed by atoms with Crippen LogP contribution >= 0.6 is 11.6 Å².